The molecule has 2 aromatic rings. The SMILES string of the molecule is CC(C(=O)NC1CC1)N1CCN(C(=O)CCc2nc(-c3ccco3)no2)CC1. The number of aryl methyl sites for hydroxylation is 1. The topological polar surface area (TPSA) is 105 Å². The number of piperazine rings is 1. The molecule has 0 aromatic carbocycles. The van der Waals surface area contributed by atoms with Crippen molar-refractivity contribution in [2.24, 2.45) is 0 Å². The molecule has 1 aliphatic heterocycles. The van der Waals surface area contributed by atoms with E-state index in [1.54, 1.807) is 18.4 Å². The second kappa shape index (κ2) is 8.14. The number of rotatable bonds is 7. The molecule has 1 saturated carbocycles. The predicted octanol–water partition coefficient (Wildman–Crippen LogP) is 1.07. The minimum Gasteiger partial charge on any atom is -0.461 e. The average Bonchev–Trinajstić information content (AvgIpc) is 3.18. The highest BCUT2D eigenvalue weighted by Gasteiger charge is 2.30. The zero-order valence-electron chi connectivity index (χ0n) is 16.0. The monoisotopic (exact) mass is 387 g/mol. The number of carbonyl (C=O) groups excluding carboxylic acids is 2. The van der Waals surface area contributed by atoms with Crippen LogP contribution in [0.1, 0.15) is 32.1 Å². The van der Waals surface area contributed by atoms with Crippen molar-refractivity contribution in [3.63, 3.8) is 0 Å². The zero-order chi connectivity index (χ0) is 19.5. The Bertz CT molecular complexity index is 806. The van der Waals surface area contributed by atoms with Gasteiger partial charge in [-0.05, 0) is 31.9 Å². The van der Waals surface area contributed by atoms with E-state index in [1.807, 2.05) is 11.8 Å². The van der Waals surface area contributed by atoms with E-state index in [0.29, 0.717) is 62.5 Å². The first kappa shape index (κ1) is 18.7. The van der Waals surface area contributed by atoms with Crippen LogP contribution in [0.4, 0.5) is 0 Å². The van der Waals surface area contributed by atoms with E-state index in [1.165, 1.54) is 0 Å². The quantitative estimate of drug-likeness (QED) is 0.758. The summed E-state index contributed by atoms with van der Waals surface area (Å²) < 4.78 is 10.4. The summed E-state index contributed by atoms with van der Waals surface area (Å²) >= 11 is 0. The van der Waals surface area contributed by atoms with Gasteiger partial charge >= 0.3 is 0 Å². The molecule has 1 aliphatic carbocycles. The maximum absolute atomic E-state index is 12.5. The average molecular weight is 387 g/mol. The molecular weight excluding hydrogens is 362 g/mol. The van der Waals surface area contributed by atoms with Crippen molar-refractivity contribution in [3.05, 3.63) is 24.3 Å². The molecule has 1 N–H and O–H groups in total. The molecular formula is C19H25N5O4. The van der Waals surface area contributed by atoms with E-state index in [-0.39, 0.29) is 17.9 Å². The Hall–Kier alpha value is -2.68. The van der Waals surface area contributed by atoms with Crippen LogP contribution in [0.2, 0.25) is 0 Å². The van der Waals surface area contributed by atoms with E-state index in [4.69, 9.17) is 8.94 Å². The second-order valence-electron chi connectivity index (χ2n) is 7.36. The molecule has 0 bridgehead atoms. The van der Waals surface area contributed by atoms with E-state index in [2.05, 4.69) is 20.4 Å². The number of hydrogen-bond donors (Lipinski definition) is 1. The smallest absolute Gasteiger partial charge is 0.238 e. The highest BCUT2D eigenvalue weighted by atomic mass is 16.5. The maximum atomic E-state index is 12.5. The van der Waals surface area contributed by atoms with Gasteiger partial charge in [-0.2, -0.15) is 4.98 Å². The van der Waals surface area contributed by atoms with Gasteiger partial charge in [0.25, 0.3) is 0 Å². The summed E-state index contributed by atoms with van der Waals surface area (Å²) in [6, 6.07) is 3.72. The number of hydrogen-bond acceptors (Lipinski definition) is 7. The highest BCUT2D eigenvalue weighted by molar-refractivity contribution is 5.82. The van der Waals surface area contributed by atoms with Crippen LogP contribution >= 0.6 is 0 Å². The minimum atomic E-state index is -0.156. The molecule has 0 spiro atoms. The molecule has 1 saturated heterocycles. The van der Waals surface area contributed by atoms with Gasteiger partial charge in [0.1, 0.15) is 0 Å². The van der Waals surface area contributed by atoms with Crippen LogP contribution in [0.25, 0.3) is 11.6 Å². The number of aromatic nitrogens is 2. The van der Waals surface area contributed by atoms with Gasteiger partial charge in [0.05, 0.1) is 12.3 Å². The van der Waals surface area contributed by atoms with Gasteiger partial charge in [0.2, 0.25) is 23.5 Å². The lowest BCUT2D eigenvalue weighted by molar-refractivity contribution is -0.134. The molecule has 2 fully saturated rings. The van der Waals surface area contributed by atoms with Crippen LogP contribution in [-0.4, -0.2) is 70.0 Å². The molecule has 1 unspecified atom stereocenters. The Morgan fingerprint density at radius 2 is 2.07 bits per heavy atom. The second-order valence-corrected chi connectivity index (χ2v) is 7.36. The van der Waals surface area contributed by atoms with Crippen LogP contribution in [0, 0.1) is 0 Å². The number of furan rings is 1. The summed E-state index contributed by atoms with van der Waals surface area (Å²) in [6.07, 6.45) is 4.43. The summed E-state index contributed by atoms with van der Waals surface area (Å²) in [5, 5.41) is 6.91. The lowest BCUT2D eigenvalue weighted by atomic mass is 10.2. The molecule has 9 heteroatoms. The van der Waals surface area contributed by atoms with Crippen molar-refractivity contribution >= 4 is 11.8 Å². The predicted molar refractivity (Wildman–Crippen MR) is 99.1 cm³/mol. The third kappa shape index (κ3) is 4.41. The molecule has 2 aliphatic rings. The summed E-state index contributed by atoms with van der Waals surface area (Å²) in [6.45, 7) is 4.59. The fourth-order valence-electron chi connectivity index (χ4n) is 3.31. The maximum Gasteiger partial charge on any atom is 0.238 e. The van der Waals surface area contributed by atoms with Crippen LogP contribution in [0.5, 0.6) is 0 Å². The van der Waals surface area contributed by atoms with E-state index in [0.717, 1.165) is 12.8 Å². The van der Waals surface area contributed by atoms with Crippen molar-refractivity contribution in [1.82, 2.24) is 25.3 Å². The zero-order valence-corrected chi connectivity index (χ0v) is 16.0. The fraction of sp³-hybridized carbons (Fsp3) is 0.579. The number of nitrogens with zero attached hydrogens (tertiary/aromatic N) is 4. The van der Waals surface area contributed by atoms with E-state index < -0.39 is 0 Å². The van der Waals surface area contributed by atoms with Crippen molar-refractivity contribution in [2.75, 3.05) is 26.2 Å². The summed E-state index contributed by atoms with van der Waals surface area (Å²) in [7, 11) is 0. The standard InChI is InChI=1S/C19H25N5O4/c1-13(19(26)20-14-4-5-14)23-8-10-24(11-9-23)17(25)7-6-16-21-18(22-28-16)15-3-2-12-27-15/h2-3,12-14H,4-11H2,1H3,(H,20,26). The molecule has 1 atom stereocenters. The minimum absolute atomic E-state index is 0.0625. The largest absolute Gasteiger partial charge is 0.461 e. The molecule has 3 heterocycles. The highest BCUT2D eigenvalue weighted by Crippen LogP contribution is 2.19. The third-order valence-electron chi connectivity index (χ3n) is 5.28. The lowest BCUT2D eigenvalue weighted by Gasteiger charge is -2.37. The Kier molecular flexibility index (Phi) is 5.43. The first-order chi connectivity index (χ1) is 13.6. The van der Waals surface area contributed by atoms with Gasteiger partial charge in [-0.15, -0.1) is 0 Å². The van der Waals surface area contributed by atoms with Crippen LogP contribution in [0.15, 0.2) is 27.3 Å². The van der Waals surface area contributed by atoms with Crippen LogP contribution in [0.3, 0.4) is 0 Å². The van der Waals surface area contributed by atoms with Gasteiger partial charge in [0.15, 0.2) is 5.76 Å². The van der Waals surface area contributed by atoms with Crippen molar-refractivity contribution in [3.8, 4) is 11.6 Å². The molecule has 2 aromatic heterocycles. The molecule has 0 radical (unpaired) electrons. The van der Waals surface area contributed by atoms with Gasteiger partial charge in [-0.3, -0.25) is 14.5 Å². The summed E-state index contributed by atoms with van der Waals surface area (Å²) in [5.41, 5.74) is 0. The molecule has 28 heavy (non-hydrogen) atoms. The van der Waals surface area contributed by atoms with Crippen molar-refractivity contribution < 1.29 is 18.5 Å². The summed E-state index contributed by atoms with van der Waals surface area (Å²) in [4.78, 5) is 32.9. The summed E-state index contributed by atoms with van der Waals surface area (Å²) in [5.74, 6) is 1.50. The van der Waals surface area contributed by atoms with Crippen LogP contribution in [-0.2, 0) is 16.0 Å². The molecule has 150 valence electrons. The Balaban J connectivity index is 1.21. The Morgan fingerprint density at radius 3 is 2.75 bits per heavy atom. The lowest BCUT2D eigenvalue weighted by Crippen LogP contribution is -2.55. The first-order valence-electron chi connectivity index (χ1n) is 9.79. The normalized spacial score (nSPS) is 18.8. The van der Waals surface area contributed by atoms with Crippen molar-refractivity contribution in [1.29, 1.82) is 0 Å². The molecule has 2 amide bonds. The number of carbonyl (C=O) groups is 2. The number of nitrogens with one attached hydrogen (secondary N) is 1. The third-order valence-corrected chi connectivity index (χ3v) is 5.28. The number of amides is 2. The van der Waals surface area contributed by atoms with Gasteiger partial charge in [-0.25, -0.2) is 0 Å². The van der Waals surface area contributed by atoms with Gasteiger partial charge in [-0.1, -0.05) is 5.16 Å². The van der Waals surface area contributed by atoms with E-state index in [9.17, 15) is 9.59 Å². The first-order valence-corrected chi connectivity index (χ1v) is 9.79. The molecule has 4 rings (SSSR count). The van der Waals surface area contributed by atoms with Crippen LogP contribution < -0.4 is 5.32 Å². The van der Waals surface area contributed by atoms with Gasteiger partial charge in [0, 0.05) is 45.1 Å². The molecule has 9 nitrogen and oxygen atoms in total. The van der Waals surface area contributed by atoms with Crippen molar-refractivity contribution in [2.45, 2.75) is 44.7 Å². The Morgan fingerprint density at radius 1 is 1.29 bits per heavy atom. The Labute approximate surface area is 163 Å². The van der Waals surface area contributed by atoms with E-state index >= 15 is 0 Å². The van der Waals surface area contributed by atoms with Gasteiger partial charge < -0.3 is 19.2 Å². The fourth-order valence-corrected chi connectivity index (χ4v) is 3.31.